The number of aliphatic carboxylic acids is 1. The molecule has 1 unspecified atom stereocenters. The smallest absolute Gasteiger partial charge is 0.304 e. The summed E-state index contributed by atoms with van der Waals surface area (Å²) in [6.07, 6.45) is -0.640. The first kappa shape index (κ1) is 13.6. The average Bonchev–Trinajstić information content (AvgIpc) is 2.15. The minimum absolute atomic E-state index is 0.445. The van der Waals surface area contributed by atoms with Gasteiger partial charge < -0.3 is 5.11 Å². The Balaban J connectivity index is 3.17. The number of carboxylic acids is 1. The van der Waals surface area contributed by atoms with E-state index in [0.717, 1.165) is 19.1 Å². The maximum Gasteiger partial charge on any atom is 0.304 e. The Morgan fingerprint density at radius 3 is 2.47 bits per heavy atom. The molecule has 4 nitrogen and oxygen atoms in total. The van der Waals surface area contributed by atoms with Gasteiger partial charge in [-0.05, 0) is 19.1 Å². The summed E-state index contributed by atoms with van der Waals surface area (Å²) >= 11 is 0. The molecule has 0 spiro atoms. The van der Waals surface area contributed by atoms with Crippen LogP contribution in [0.15, 0.2) is 23.1 Å². The lowest BCUT2D eigenvalue weighted by molar-refractivity contribution is -0.136. The van der Waals surface area contributed by atoms with Gasteiger partial charge in [0, 0.05) is 6.07 Å². The van der Waals surface area contributed by atoms with Gasteiger partial charge in [0.15, 0.2) is 9.84 Å². The van der Waals surface area contributed by atoms with Crippen molar-refractivity contribution in [2.75, 3.05) is 0 Å². The van der Waals surface area contributed by atoms with E-state index in [-0.39, 0.29) is 0 Å². The Labute approximate surface area is 96.8 Å². The van der Waals surface area contributed by atoms with Crippen LogP contribution in [0.3, 0.4) is 0 Å². The predicted molar refractivity (Wildman–Crippen MR) is 55.3 cm³/mol. The normalized spacial score (nSPS) is 13.4. The SMILES string of the molecule is CC(CC(=O)O)S(=O)(=O)c1ccc(F)cc1F. The fourth-order valence-corrected chi connectivity index (χ4v) is 2.66. The van der Waals surface area contributed by atoms with Crippen molar-refractivity contribution >= 4 is 15.8 Å². The number of carbonyl (C=O) groups is 1. The molecule has 1 aromatic rings. The Kier molecular flexibility index (Phi) is 3.82. The molecule has 0 bridgehead atoms. The van der Waals surface area contributed by atoms with E-state index in [9.17, 15) is 22.0 Å². The molecule has 0 amide bonds. The lowest BCUT2D eigenvalue weighted by atomic mass is 10.3. The summed E-state index contributed by atoms with van der Waals surface area (Å²) in [5.74, 6) is -3.42. The number of hydrogen-bond donors (Lipinski definition) is 1. The average molecular weight is 264 g/mol. The van der Waals surface area contributed by atoms with Crippen LogP contribution < -0.4 is 0 Å². The molecule has 0 saturated heterocycles. The molecule has 0 heterocycles. The molecule has 0 radical (unpaired) electrons. The van der Waals surface area contributed by atoms with Crippen molar-refractivity contribution in [2.24, 2.45) is 0 Å². The lowest BCUT2D eigenvalue weighted by Crippen LogP contribution is -2.22. The summed E-state index contributed by atoms with van der Waals surface area (Å²) in [6.45, 7) is 1.16. The topological polar surface area (TPSA) is 71.4 Å². The molecule has 1 aromatic carbocycles. The first-order chi connectivity index (χ1) is 7.75. The van der Waals surface area contributed by atoms with Crippen molar-refractivity contribution < 1.29 is 27.1 Å². The van der Waals surface area contributed by atoms with E-state index in [4.69, 9.17) is 5.11 Å². The zero-order valence-electron chi connectivity index (χ0n) is 8.85. The number of hydrogen-bond acceptors (Lipinski definition) is 3. The summed E-state index contributed by atoms with van der Waals surface area (Å²) in [4.78, 5) is 9.72. The maximum absolute atomic E-state index is 13.3. The second-order valence-corrected chi connectivity index (χ2v) is 5.86. The zero-order chi connectivity index (χ0) is 13.2. The highest BCUT2D eigenvalue weighted by molar-refractivity contribution is 7.92. The minimum atomic E-state index is -4.10. The molecule has 0 aromatic heterocycles. The molecule has 0 aliphatic rings. The van der Waals surface area contributed by atoms with Crippen LogP contribution >= 0.6 is 0 Å². The molecule has 0 aliphatic heterocycles. The first-order valence-electron chi connectivity index (χ1n) is 4.66. The Bertz CT molecular complexity index is 539. The second kappa shape index (κ2) is 4.79. The Hall–Kier alpha value is -1.50. The zero-order valence-corrected chi connectivity index (χ0v) is 9.67. The lowest BCUT2D eigenvalue weighted by Gasteiger charge is -2.11. The minimum Gasteiger partial charge on any atom is -0.481 e. The van der Waals surface area contributed by atoms with Crippen molar-refractivity contribution in [3.8, 4) is 0 Å². The first-order valence-corrected chi connectivity index (χ1v) is 6.20. The highest BCUT2D eigenvalue weighted by Gasteiger charge is 2.28. The van der Waals surface area contributed by atoms with Crippen LogP contribution in [-0.2, 0) is 14.6 Å². The van der Waals surface area contributed by atoms with Crippen molar-refractivity contribution in [3.05, 3.63) is 29.8 Å². The van der Waals surface area contributed by atoms with Gasteiger partial charge in [0.25, 0.3) is 0 Å². The summed E-state index contributed by atoms with van der Waals surface area (Å²) < 4.78 is 49.4. The third-order valence-corrected chi connectivity index (χ3v) is 4.36. The number of halogens is 2. The molecule has 17 heavy (non-hydrogen) atoms. The summed E-state index contributed by atoms with van der Waals surface area (Å²) in [7, 11) is -4.10. The van der Waals surface area contributed by atoms with Crippen LogP contribution in [-0.4, -0.2) is 24.7 Å². The highest BCUT2D eigenvalue weighted by Crippen LogP contribution is 2.21. The van der Waals surface area contributed by atoms with Gasteiger partial charge >= 0.3 is 5.97 Å². The van der Waals surface area contributed by atoms with E-state index in [2.05, 4.69) is 0 Å². The molecule has 1 atom stereocenters. The van der Waals surface area contributed by atoms with Crippen LogP contribution in [0.5, 0.6) is 0 Å². The van der Waals surface area contributed by atoms with Crippen LogP contribution in [0, 0.1) is 11.6 Å². The molecule has 0 fully saturated rings. The molecule has 94 valence electrons. The van der Waals surface area contributed by atoms with E-state index in [1.54, 1.807) is 0 Å². The van der Waals surface area contributed by atoms with Crippen LogP contribution in [0.4, 0.5) is 8.78 Å². The monoisotopic (exact) mass is 264 g/mol. The van der Waals surface area contributed by atoms with Gasteiger partial charge in [-0.3, -0.25) is 4.79 Å². The van der Waals surface area contributed by atoms with E-state index in [0.29, 0.717) is 6.07 Å². The van der Waals surface area contributed by atoms with Gasteiger partial charge in [-0.1, -0.05) is 0 Å². The van der Waals surface area contributed by atoms with Crippen molar-refractivity contribution in [1.29, 1.82) is 0 Å². The predicted octanol–water partition coefficient (Wildman–Crippen LogP) is 1.60. The van der Waals surface area contributed by atoms with Crippen molar-refractivity contribution in [2.45, 2.75) is 23.5 Å². The van der Waals surface area contributed by atoms with E-state index >= 15 is 0 Å². The molecular weight excluding hydrogens is 254 g/mol. The van der Waals surface area contributed by atoms with Gasteiger partial charge in [0.05, 0.1) is 11.7 Å². The van der Waals surface area contributed by atoms with Crippen LogP contribution in [0.1, 0.15) is 13.3 Å². The summed E-state index contributed by atoms with van der Waals surface area (Å²) in [5, 5.41) is 7.21. The van der Waals surface area contributed by atoms with Crippen molar-refractivity contribution in [3.63, 3.8) is 0 Å². The summed E-state index contributed by atoms with van der Waals surface area (Å²) in [5.41, 5.74) is 0. The Morgan fingerprint density at radius 2 is 2.00 bits per heavy atom. The number of carboxylic acid groups (broad SMARTS) is 1. The summed E-state index contributed by atoms with van der Waals surface area (Å²) in [6, 6.07) is 2.04. The molecule has 0 aliphatic carbocycles. The van der Waals surface area contributed by atoms with Crippen LogP contribution in [0.2, 0.25) is 0 Å². The standard InChI is InChI=1S/C10H10F2O4S/c1-6(4-10(13)14)17(15,16)9-3-2-7(11)5-8(9)12/h2-3,5-6H,4H2,1H3,(H,13,14). The van der Waals surface area contributed by atoms with E-state index in [1.807, 2.05) is 0 Å². The van der Waals surface area contributed by atoms with Gasteiger partial charge in [-0.25, -0.2) is 17.2 Å². The largest absolute Gasteiger partial charge is 0.481 e. The molecule has 1 N–H and O–H groups in total. The highest BCUT2D eigenvalue weighted by atomic mass is 32.2. The fourth-order valence-electron chi connectivity index (χ4n) is 1.28. The van der Waals surface area contributed by atoms with Crippen molar-refractivity contribution in [1.82, 2.24) is 0 Å². The number of sulfone groups is 1. The van der Waals surface area contributed by atoms with Crippen LogP contribution in [0.25, 0.3) is 0 Å². The Morgan fingerprint density at radius 1 is 1.41 bits per heavy atom. The van der Waals surface area contributed by atoms with Gasteiger partial charge in [0.1, 0.15) is 16.5 Å². The van der Waals surface area contributed by atoms with Gasteiger partial charge in [-0.2, -0.15) is 0 Å². The quantitative estimate of drug-likeness (QED) is 0.838. The van der Waals surface area contributed by atoms with Gasteiger partial charge in [-0.15, -0.1) is 0 Å². The fraction of sp³-hybridized carbons (Fsp3) is 0.300. The van der Waals surface area contributed by atoms with E-state index < -0.39 is 44.0 Å². The second-order valence-electron chi connectivity index (χ2n) is 3.53. The van der Waals surface area contributed by atoms with E-state index in [1.165, 1.54) is 0 Å². The maximum atomic E-state index is 13.3. The third kappa shape index (κ3) is 3.00. The molecule has 0 saturated carbocycles. The molecule has 7 heteroatoms. The molecule has 1 rings (SSSR count). The molecular formula is C10H10F2O4S. The number of rotatable bonds is 4. The van der Waals surface area contributed by atoms with Gasteiger partial charge in [0.2, 0.25) is 0 Å². The number of benzene rings is 1. The third-order valence-electron chi connectivity index (χ3n) is 2.19.